The molecule has 1 fully saturated rings. The van der Waals surface area contributed by atoms with Crippen molar-refractivity contribution in [3.8, 4) is 0 Å². The maximum absolute atomic E-state index is 12.1. The lowest BCUT2D eigenvalue weighted by atomic mass is 9.90. The molecule has 3 N–H and O–H groups in total. The zero-order valence-electron chi connectivity index (χ0n) is 15.1. The van der Waals surface area contributed by atoms with Gasteiger partial charge in [-0.15, -0.1) is 0 Å². The van der Waals surface area contributed by atoms with Gasteiger partial charge in [0.1, 0.15) is 5.78 Å². The molecule has 0 saturated heterocycles. The fourth-order valence-electron chi connectivity index (χ4n) is 3.22. The van der Waals surface area contributed by atoms with E-state index in [1.165, 1.54) is 12.8 Å². The van der Waals surface area contributed by atoms with Crippen LogP contribution in [0.5, 0.6) is 0 Å². The number of rotatable bonds is 12. The largest absolute Gasteiger partial charge is 0.481 e. The number of ketones is 1. The number of Topliss-reactive ketones (excluding diaryl/α,β-unsaturated/α-hetero) is 1. The average Bonchev–Trinajstić information content (AvgIpc) is 2.81. The molecule has 0 unspecified atom stereocenters. The normalized spacial score (nSPS) is 25.2. The van der Waals surface area contributed by atoms with Crippen molar-refractivity contribution >= 4 is 11.8 Å². The summed E-state index contributed by atoms with van der Waals surface area (Å²) < 4.78 is 0. The molecule has 5 nitrogen and oxygen atoms in total. The lowest BCUT2D eigenvalue weighted by Crippen LogP contribution is -2.18. The second-order valence-electron chi connectivity index (χ2n) is 6.86. The van der Waals surface area contributed by atoms with Crippen LogP contribution in [0.3, 0.4) is 0 Å². The number of hydrogen-bond acceptors (Lipinski definition) is 4. The Labute approximate surface area is 150 Å². The SMILES string of the molecule is CCCCC/C=C\C[C@@H]1C(=O)C[C@H](O)[C@H]1/C=C/[C@@H](O)CCCC(=O)O. The highest BCUT2D eigenvalue weighted by Crippen LogP contribution is 2.33. The third kappa shape index (κ3) is 8.45. The molecule has 0 radical (unpaired) electrons. The molecule has 0 aliphatic heterocycles. The van der Waals surface area contributed by atoms with Gasteiger partial charge < -0.3 is 15.3 Å². The third-order valence-corrected chi connectivity index (χ3v) is 4.71. The van der Waals surface area contributed by atoms with Crippen LogP contribution in [0.25, 0.3) is 0 Å². The first-order valence-electron chi connectivity index (χ1n) is 9.39. The summed E-state index contributed by atoms with van der Waals surface area (Å²) in [5.74, 6) is -1.32. The molecule has 0 aromatic carbocycles. The second kappa shape index (κ2) is 12.0. The summed E-state index contributed by atoms with van der Waals surface area (Å²) in [7, 11) is 0. The predicted molar refractivity (Wildman–Crippen MR) is 97.1 cm³/mol. The highest BCUT2D eigenvalue weighted by molar-refractivity contribution is 5.84. The van der Waals surface area contributed by atoms with E-state index in [0.29, 0.717) is 19.3 Å². The topological polar surface area (TPSA) is 94.8 Å². The van der Waals surface area contributed by atoms with Gasteiger partial charge in [0.25, 0.3) is 0 Å². The van der Waals surface area contributed by atoms with E-state index in [9.17, 15) is 19.8 Å². The Morgan fingerprint density at radius 2 is 2.04 bits per heavy atom. The minimum atomic E-state index is -0.876. The molecule has 0 spiro atoms. The number of unbranched alkanes of at least 4 members (excludes halogenated alkanes) is 3. The number of carboxylic acid groups (broad SMARTS) is 1. The summed E-state index contributed by atoms with van der Waals surface area (Å²) in [5.41, 5.74) is 0. The van der Waals surface area contributed by atoms with Crippen LogP contribution >= 0.6 is 0 Å². The Bertz CT molecular complexity index is 469. The maximum Gasteiger partial charge on any atom is 0.303 e. The zero-order chi connectivity index (χ0) is 18.7. The first-order chi connectivity index (χ1) is 12.0. The number of hydrogen-bond donors (Lipinski definition) is 3. The van der Waals surface area contributed by atoms with Crippen LogP contribution in [-0.4, -0.2) is 39.3 Å². The van der Waals surface area contributed by atoms with Crippen LogP contribution in [0, 0.1) is 11.8 Å². The molecule has 0 amide bonds. The summed E-state index contributed by atoms with van der Waals surface area (Å²) in [5, 5.41) is 28.6. The predicted octanol–water partition coefficient (Wildman–Crippen LogP) is 3.25. The van der Waals surface area contributed by atoms with Crippen molar-refractivity contribution < 1.29 is 24.9 Å². The molecule has 1 aliphatic rings. The second-order valence-corrected chi connectivity index (χ2v) is 6.86. The molecule has 4 atom stereocenters. The molecule has 1 aliphatic carbocycles. The van der Waals surface area contributed by atoms with E-state index in [1.54, 1.807) is 12.2 Å². The van der Waals surface area contributed by atoms with Crippen LogP contribution in [0.2, 0.25) is 0 Å². The van der Waals surface area contributed by atoms with Crippen LogP contribution in [-0.2, 0) is 9.59 Å². The van der Waals surface area contributed by atoms with Crippen molar-refractivity contribution in [1.29, 1.82) is 0 Å². The number of aliphatic hydroxyl groups excluding tert-OH is 2. The molecule has 0 aromatic rings. The van der Waals surface area contributed by atoms with Crippen molar-refractivity contribution in [2.24, 2.45) is 11.8 Å². The van der Waals surface area contributed by atoms with Crippen LogP contribution < -0.4 is 0 Å². The fraction of sp³-hybridized carbons (Fsp3) is 0.700. The van der Waals surface area contributed by atoms with E-state index in [0.717, 1.165) is 12.8 Å². The van der Waals surface area contributed by atoms with Gasteiger partial charge in [-0.05, 0) is 32.1 Å². The van der Waals surface area contributed by atoms with E-state index < -0.39 is 18.2 Å². The lowest BCUT2D eigenvalue weighted by Gasteiger charge is -2.16. The standard InChI is InChI=1S/C20H32O5/c1-2-3-4-5-6-7-10-16-17(19(23)14-18(16)22)13-12-15(21)9-8-11-20(24)25/h6-7,12-13,15-17,19,21,23H,2-5,8-11,14H2,1H3,(H,24,25)/b7-6-,13-12+/t15-,16-,17-,19-/m0/s1. The minimum absolute atomic E-state index is 0.0287. The molecule has 0 heterocycles. The first-order valence-corrected chi connectivity index (χ1v) is 9.39. The highest BCUT2D eigenvalue weighted by Gasteiger charge is 2.39. The maximum atomic E-state index is 12.1. The van der Waals surface area contributed by atoms with E-state index in [1.807, 2.05) is 6.08 Å². The van der Waals surface area contributed by atoms with E-state index in [4.69, 9.17) is 5.11 Å². The summed E-state index contributed by atoms with van der Waals surface area (Å²) in [6.45, 7) is 2.16. The molecule has 5 heteroatoms. The smallest absolute Gasteiger partial charge is 0.303 e. The third-order valence-electron chi connectivity index (χ3n) is 4.71. The molecule has 0 bridgehead atoms. The molecule has 142 valence electrons. The van der Waals surface area contributed by atoms with E-state index in [-0.39, 0.29) is 30.5 Å². The van der Waals surface area contributed by atoms with Gasteiger partial charge in [-0.3, -0.25) is 9.59 Å². The zero-order valence-corrected chi connectivity index (χ0v) is 15.1. The number of carbonyl (C=O) groups is 2. The number of allylic oxidation sites excluding steroid dienone is 2. The number of carboxylic acids is 1. The van der Waals surface area contributed by atoms with Crippen molar-refractivity contribution in [3.63, 3.8) is 0 Å². The van der Waals surface area contributed by atoms with Crippen molar-refractivity contribution in [2.45, 2.75) is 76.9 Å². The Kier molecular flexibility index (Phi) is 10.3. The van der Waals surface area contributed by atoms with Gasteiger partial charge >= 0.3 is 5.97 Å². The Hall–Kier alpha value is -1.46. The van der Waals surface area contributed by atoms with Gasteiger partial charge in [0.05, 0.1) is 12.2 Å². The van der Waals surface area contributed by atoms with Crippen molar-refractivity contribution in [2.75, 3.05) is 0 Å². The Balaban J connectivity index is 2.49. The van der Waals surface area contributed by atoms with Crippen LogP contribution in [0.15, 0.2) is 24.3 Å². The minimum Gasteiger partial charge on any atom is -0.481 e. The summed E-state index contributed by atoms with van der Waals surface area (Å²) in [6.07, 6.45) is 12.1. The highest BCUT2D eigenvalue weighted by atomic mass is 16.4. The summed E-state index contributed by atoms with van der Waals surface area (Å²) in [4.78, 5) is 22.6. The van der Waals surface area contributed by atoms with Crippen LogP contribution in [0.4, 0.5) is 0 Å². The summed E-state index contributed by atoms with van der Waals surface area (Å²) >= 11 is 0. The average molecular weight is 352 g/mol. The molecule has 1 saturated carbocycles. The van der Waals surface area contributed by atoms with Gasteiger partial charge in [0.15, 0.2) is 0 Å². The van der Waals surface area contributed by atoms with Gasteiger partial charge in [-0.1, -0.05) is 44.1 Å². The number of aliphatic carboxylic acids is 1. The van der Waals surface area contributed by atoms with Crippen molar-refractivity contribution in [1.82, 2.24) is 0 Å². The monoisotopic (exact) mass is 352 g/mol. The van der Waals surface area contributed by atoms with E-state index in [2.05, 4.69) is 13.0 Å². The lowest BCUT2D eigenvalue weighted by molar-refractivity contribution is -0.137. The van der Waals surface area contributed by atoms with Gasteiger partial charge in [0, 0.05) is 24.7 Å². The van der Waals surface area contributed by atoms with Gasteiger partial charge in [-0.2, -0.15) is 0 Å². The molecular formula is C20H32O5. The van der Waals surface area contributed by atoms with E-state index >= 15 is 0 Å². The van der Waals surface area contributed by atoms with Gasteiger partial charge in [-0.25, -0.2) is 0 Å². The Morgan fingerprint density at radius 3 is 2.72 bits per heavy atom. The fourth-order valence-corrected chi connectivity index (χ4v) is 3.22. The van der Waals surface area contributed by atoms with Gasteiger partial charge in [0.2, 0.25) is 0 Å². The molecule has 0 aromatic heterocycles. The molecular weight excluding hydrogens is 320 g/mol. The Morgan fingerprint density at radius 1 is 1.28 bits per heavy atom. The number of carbonyl (C=O) groups excluding carboxylic acids is 1. The summed E-state index contributed by atoms with van der Waals surface area (Å²) in [6, 6.07) is 0. The number of aliphatic hydroxyl groups is 2. The first kappa shape index (κ1) is 21.6. The quantitative estimate of drug-likeness (QED) is 0.370. The molecule has 1 rings (SSSR count). The molecule has 25 heavy (non-hydrogen) atoms. The van der Waals surface area contributed by atoms with Crippen molar-refractivity contribution in [3.05, 3.63) is 24.3 Å². The van der Waals surface area contributed by atoms with Crippen LogP contribution in [0.1, 0.15) is 64.7 Å².